The number of primary amides is 1. The van der Waals surface area contributed by atoms with Crippen molar-refractivity contribution in [1.82, 2.24) is 5.32 Å². The van der Waals surface area contributed by atoms with Gasteiger partial charge in [-0.05, 0) is 39.0 Å². The number of nitrogens with one attached hydrogen (secondary N) is 1. The summed E-state index contributed by atoms with van der Waals surface area (Å²) in [4.78, 5) is 23.3. The predicted octanol–water partition coefficient (Wildman–Crippen LogP) is 0.378. The topological polar surface area (TPSA) is 98.2 Å². The van der Waals surface area contributed by atoms with Crippen molar-refractivity contribution in [3.05, 3.63) is 0 Å². The molecule has 104 valence electrons. The van der Waals surface area contributed by atoms with Crippen LogP contribution < -0.4 is 16.8 Å². The van der Waals surface area contributed by atoms with Gasteiger partial charge in [0, 0.05) is 18.5 Å². The molecule has 5 nitrogen and oxygen atoms in total. The second-order valence-electron chi connectivity index (χ2n) is 6.12. The molecule has 1 aliphatic carbocycles. The Labute approximate surface area is 109 Å². The Bertz CT molecular complexity index is 328. The van der Waals surface area contributed by atoms with E-state index in [1.165, 1.54) is 0 Å². The largest absolute Gasteiger partial charge is 0.369 e. The van der Waals surface area contributed by atoms with Gasteiger partial charge in [-0.2, -0.15) is 0 Å². The first-order chi connectivity index (χ1) is 8.24. The third kappa shape index (κ3) is 3.70. The second kappa shape index (κ2) is 5.69. The van der Waals surface area contributed by atoms with Crippen LogP contribution in [0.25, 0.3) is 0 Å². The molecule has 5 N–H and O–H groups in total. The Morgan fingerprint density at radius 3 is 2.44 bits per heavy atom. The van der Waals surface area contributed by atoms with E-state index in [-0.39, 0.29) is 24.4 Å². The van der Waals surface area contributed by atoms with E-state index in [1.54, 1.807) is 13.8 Å². The van der Waals surface area contributed by atoms with Crippen molar-refractivity contribution in [2.45, 2.75) is 46.1 Å². The van der Waals surface area contributed by atoms with Gasteiger partial charge in [0.1, 0.15) is 0 Å². The lowest BCUT2D eigenvalue weighted by atomic mass is 9.77. The first kappa shape index (κ1) is 15.0. The number of carbonyl (C=O) groups excluding carboxylic acids is 2. The number of hydrogen-bond acceptors (Lipinski definition) is 3. The monoisotopic (exact) mass is 255 g/mol. The maximum Gasteiger partial charge on any atom is 0.224 e. The minimum atomic E-state index is -0.704. The molecule has 18 heavy (non-hydrogen) atoms. The second-order valence-corrected chi connectivity index (χ2v) is 6.12. The SMILES string of the molecule is CC1CC(N)CCC1C(=O)NCC(C)(C)C(N)=O. The van der Waals surface area contributed by atoms with E-state index in [0.29, 0.717) is 5.92 Å². The summed E-state index contributed by atoms with van der Waals surface area (Å²) in [6.07, 6.45) is 2.60. The Morgan fingerprint density at radius 2 is 1.94 bits per heavy atom. The lowest BCUT2D eigenvalue weighted by Gasteiger charge is -2.32. The number of amides is 2. The number of nitrogens with two attached hydrogens (primary N) is 2. The molecule has 1 aliphatic rings. The van der Waals surface area contributed by atoms with Gasteiger partial charge in [0.25, 0.3) is 0 Å². The van der Waals surface area contributed by atoms with Crippen LogP contribution in [0.5, 0.6) is 0 Å². The van der Waals surface area contributed by atoms with E-state index in [4.69, 9.17) is 11.5 Å². The van der Waals surface area contributed by atoms with E-state index < -0.39 is 11.3 Å². The molecule has 0 saturated heterocycles. The van der Waals surface area contributed by atoms with E-state index >= 15 is 0 Å². The lowest BCUT2D eigenvalue weighted by molar-refractivity contribution is -0.129. The third-order valence-electron chi connectivity index (χ3n) is 3.92. The quantitative estimate of drug-likeness (QED) is 0.677. The van der Waals surface area contributed by atoms with Gasteiger partial charge in [0.2, 0.25) is 11.8 Å². The Morgan fingerprint density at radius 1 is 1.33 bits per heavy atom. The Hall–Kier alpha value is -1.10. The number of hydrogen-bond donors (Lipinski definition) is 3. The number of rotatable bonds is 4. The van der Waals surface area contributed by atoms with Crippen molar-refractivity contribution in [3.63, 3.8) is 0 Å². The van der Waals surface area contributed by atoms with Gasteiger partial charge in [0.15, 0.2) is 0 Å². The normalized spacial score (nSPS) is 28.8. The van der Waals surface area contributed by atoms with Crippen molar-refractivity contribution in [2.24, 2.45) is 28.7 Å². The molecule has 0 radical (unpaired) electrons. The van der Waals surface area contributed by atoms with Crippen LogP contribution in [0.2, 0.25) is 0 Å². The van der Waals surface area contributed by atoms with E-state index in [2.05, 4.69) is 12.2 Å². The molecular weight excluding hydrogens is 230 g/mol. The van der Waals surface area contributed by atoms with Gasteiger partial charge in [-0.1, -0.05) is 6.92 Å². The fourth-order valence-corrected chi connectivity index (χ4v) is 2.35. The molecule has 0 spiro atoms. The Balaban J connectivity index is 2.49. The first-order valence-corrected chi connectivity index (χ1v) is 6.57. The molecule has 0 aromatic carbocycles. The molecule has 0 bridgehead atoms. The Kier molecular flexibility index (Phi) is 4.73. The van der Waals surface area contributed by atoms with Crippen LogP contribution in [-0.2, 0) is 9.59 Å². The molecule has 5 heteroatoms. The minimum Gasteiger partial charge on any atom is -0.369 e. The fraction of sp³-hybridized carbons (Fsp3) is 0.846. The highest BCUT2D eigenvalue weighted by atomic mass is 16.2. The van der Waals surface area contributed by atoms with Crippen LogP contribution in [0.3, 0.4) is 0 Å². The van der Waals surface area contributed by atoms with Crippen LogP contribution in [0.15, 0.2) is 0 Å². The van der Waals surface area contributed by atoms with Crippen molar-refractivity contribution in [3.8, 4) is 0 Å². The molecule has 1 rings (SSSR count). The minimum absolute atomic E-state index is 0.00785. The molecular formula is C13H25N3O2. The van der Waals surface area contributed by atoms with E-state index in [1.807, 2.05) is 0 Å². The zero-order valence-electron chi connectivity index (χ0n) is 11.5. The molecule has 2 amide bonds. The van der Waals surface area contributed by atoms with Crippen LogP contribution in [0.4, 0.5) is 0 Å². The summed E-state index contributed by atoms with van der Waals surface area (Å²) in [6, 6.07) is 0.214. The average Bonchev–Trinajstić information content (AvgIpc) is 2.25. The van der Waals surface area contributed by atoms with Crippen molar-refractivity contribution < 1.29 is 9.59 Å². The molecule has 3 unspecified atom stereocenters. The molecule has 0 aliphatic heterocycles. The van der Waals surface area contributed by atoms with Crippen LogP contribution in [0.1, 0.15) is 40.0 Å². The maximum absolute atomic E-state index is 12.1. The smallest absolute Gasteiger partial charge is 0.224 e. The third-order valence-corrected chi connectivity index (χ3v) is 3.92. The van der Waals surface area contributed by atoms with Gasteiger partial charge >= 0.3 is 0 Å². The van der Waals surface area contributed by atoms with E-state index in [0.717, 1.165) is 19.3 Å². The summed E-state index contributed by atoms with van der Waals surface area (Å²) >= 11 is 0. The highest BCUT2D eigenvalue weighted by Crippen LogP contribution is 2.29. The van der Waals surface area contributed by atoms with Crippen molar-refractivity contribution in [2.75, 3.05) is 6.54 Å². The van der Waals surface area contributed by atoms with Gasteiger partial charge in [-0.15, -0.1) is 0 Å². The molecule has 0 heterocycles. The van der Waals surface area contributed by atoms with Crippen LogP contribution >= 0.6 is 0 Å². The van der Waals surface area contributed by atoms with Crippen LogP contribution in [-0.4, -0.2) is 24.4 Å². The summed E-state index contributed by atoms with van der Waals surface area (Å²) in [7, 11) is 0. The summed E-state index contributed by atoms with van der Waals surface area (Å²) in [5, 5.41) is 2.84. The van der Waals surface area contributed by atoms with Gasteiger partial charge in [-0.25, -0.2) is 0 Å². The van der Waals surface area contributed by atoms with E-state index in [9.17, 15) is 9.59 Å². The average molecular weight is 255 g/mol. The standard InChI is InChI=1S/C13H25N3O2/c1-8-6-9(14)4-5-10(8)11(17)16-7-13(2,3)12(15)18/h8-10H,4-7,14H2,1-3H3,(H2,15,18)(H,16,17). The zero-order valence-corrected chi connectivity index (χ0v) is 11.5. The predicted molar refractivity (Wildman–Crippen MR) is 70.5 cm³/mol. The molecule has 1 saturated carbocycles. The summed E-state index contributed by atoms with van der Waals surface area (Å²) in [5.41, 5.74) is 10.4. The van der Waals surface area contributed by atoms with Gasteiger partial charge in [-0.3, -0.25) is 9.59 Å². The van der Waals surface area contributed by atoms with Crippen LogP contribution in [0, 0.1) is 17.3 Å². The molecule has 1 fully saturated rings. The maximum atomic E-state index is 12.1. The van der Waals surface area contributed by atoms with Gasteiger partial charge in [0.05, 0.1) is 5.41 Å². The molecule has 3 atom stereocenters. The molecule has 0 aromatic heterocycles. The number of carbonyl (C=O) groups is 2. The summed E-state index contributed by atoms with van der Waals surface area (Å²) in [5.74, 6) is -0.0795. The van der Waals surface area contributed by atoms with Crippen molar-refractivity contribution >= 4 is 11.8 Å². The molecule has 0 aromatic rings. The highest BCUT2D eigenvalue weighted by molar-refractivity contribution is 5.83. The first-order valence-electron chi connectivity index (χ1n) is 6.57. The van der Waals surface area contributed by atoms with Crippen molar-refractivity contribution in [1.29, 1.82) is 0 Å². The zero-order chi connectivity index (χ0) is 13.9. The highest BCUT2D eigenvalue weighted by Gasteiger charge is 2.32. The van der Waals surface area contributed by atoms with Gasteiger partial charge < -0.3 is 16.8 Å². The fourth-order valence-electron chi connectivity index (χ4n) is 2.35. The summed E-state index contributed by atoms with van der Waals surface area (Å²) in [6.45, 7) is 5.81. The summed E-state index contributed by atoms with van der Waals surface area (Å²) < 4.78 is 0. The lowest BCUT2D eigenvalue weighted by Crippen LogP contribution is -2.46.